The highest BCUT2D eigenvalue weighted by molar-refractivity contribution is 5.14. The maximum Gasteiger partial charge on any atom is 0.345 e. The topological polar surface area (TPSA) is 67.8 Å². The van der Waals surface area contributed by atoms with Gasteiger partial charge in [0.2, 0.25) is 0 Å². The van der Waals surface area contributed by atoms with E-state index in [1.807, 2.05) is 30.3 Å². The van der Waals surface area contributed by atoms with Crippen LogP contribution in [-0.4, -0.2) is 14.8 Å². The molecule has 0 bridgehead atoms. The predicted molar refractivity (Wildman–Crippen MR) is 54.7 cm³/mol. The fourth-order valence-corrected chi connectivity index (χ4v) is 1.29. The fraction of sp³-hybridized carbons (Fsp3) is 0.100. The highest BCUT2D eigenvalue weighted by Gasteiger charge is 2.01. The predicted octanol–water partition coefficient (Wildman–Crippen LogP) is -0.0201. The minimum Gasteiger partial charge on any atom is -0.267 e. The highest BCUT2D eigenvalue weighted by Crippen LogP contribution is 1.97. The molecule has 0 spiro atoms. The van der Waals surface area contributed by atoms with Gasteiger partial charge in [0.05, 0.1) is 6.54 Å². The summed E-state index contributed by atoms with van der Waals surface area (Å²) in [6.07, 6.45) is 1.09. The molecule has 5 heteroatoms. The first-order chi connectivity index (χ1) is 7.27. The van der Waals surface area contributed by atoms with Crippen molar-refractivity contribution < 1.29 is 0 Å². The van der Waals surface area contributed by atoms with Crippen molar-refractivity contribution in [2.45, 2.75) is 6.54 Å². The molecule has 0 saturated heterocycles. The molecule has 0 radical (unpaired) electrons. The van der Waals surface area contributed by atoms with Crippen LogP contribution in [0.1, 0.15) is 5.56 Å². The molecule has 0 aliphatic rings. The lowest BCUT2D eigenvalue weighted by atomic mass is 10.2. The van der Waals surface area contributed by atoms with Crippen LogP contribution in [0.15, 0.2) is 46.1 Å². The molecular formula is C10H9N3O2. The maximum atomic E-state index is 11.3. The van der Waals surface area contributed by atoms with E-state index in [-0.39, 0.29) is 6.54 Å². The number of H-pyrrole nitrogens is 1. The summed E-state index contributed by atoms with van der Waals surface area (Å²) < 4.78 is 1.10. The van der Waals surface area contributed by atoms with Crippen LogP contribution in [0.3, 0.4) is 0 Å². The molecule has 0 amide bonds. The van der Waals surface area contributed by atoms with Gasteiger partial charge in [0.15, 0.2) is 0 Å². The molecule has 0 saturated carbocycles. The third kappa shape index (κ3) is 2.01. The van der Waals surface area contributed by atoms with Crippen LogP contribution in [0.5, 0.6) is 0 Å². The van der Waals surface area contributed by atoms with Crippen LogP contribution in [-0.2, 0) is 6.54 Å². The van der Waals surface area contributed by atoms with Crippen molar-refractivity contribution in [2.75, 3.05) is 0 Å². The molecule has 5 nitrogen and oxygen atoms in total. The maximum absolute atomic E-state index is 11.3. The first-order valence-electron chi connectivity index (χ1n) is 4.46. The van der Waals surface area contributed by atoms with Gasteiger partial charge in [0.25, 0.3) is 5.56 Å². The van der Waals surface area contributed by atoms with E-state index in [0.29, 0.717) is 0 Å². The van der Waals surface area contributed by atoms with Crippen LogP contribution >= 0.6 is 0 Å². The molecule has 0 atom stereocenters. The number of rotatable bonds is 2. The number of hydrogen-bond donors (Lipinski definition) is 1. The Bertz CT molecular complexity index is 528. The Labute approximate surface area is 85.0 Å². The van der Waals surface area contributed by atoms with E-state index in [0.717, 1.165) is 16.3 Å². The fourth-order valence-electron chi connectivity index (χ4n) is 1.29. The Morgan fingerprint density at radius 1 is 1.20 bits per heavy atom. The summed E-state index contributed by atoms with van der Waals surface area (Å²) >= 11 is 0. The van der Waals surface area contributed by atoms with Crippen molar-refractivity contribution >= 4 is 0 Å². The molecule has 0 unspecified atom stereocenters. The first-order valence-corrected chi connectivity index (χ1v) is 4.46. The van der Waals surface area contributed by atoms with Gasteiger partial charge in [0, 0.05) is 0 Å². The Kier molecular flexibility index (Phi) is 2.45. The molecular weight excluding hydrogens is 194 g/mol. The largest absolute Gasteiger partial charge is 0.345 e. The number of aromatic nitrogens is 3. The van der Waals surface area contributed by atoms with Crippen LogP contribution in [0.4, 0.5) is 0 Å². The standard InChI is InChI=1S/C10H9N3O2/c14-9-6-11-12-10(15)13(9)7-8-4-2-1-3-5-8/h1-6H,7H2,(H,12,15). The lowest BCUT2D eigenvalue weighted by Gasteiger charge is -2.02. The summed E-state index contributed by atoms with van der Waals surface area (Å²) in [7, 11) is 0. The van der Waals surface area contributed by atoms with Crippen molar-refractivity contribution in [1.29, 1.82) is 0 Å². The van der Waals surface area contributed by atoms with E-state index in [1.165, 1.54) is 0 Å². The molecule has 0 aliphatic heterocycles. The molecule has 1 aromatic carbocycles. The van der Waals surface area contributed by atoms with Crippen molar-refractivity contribution in [2.24, 2.45) is 0 Å². The monoisotopic (exact) mass is 203 g/mol. The van der Waals surface area contributed by atoms with Gasteiger partial charge < -0.3 is 0 Å². The lowest BCUT2D eigenvalue weighted by Crippen LogP contribution is -2.35. The summed E-state index contributed by atoms with van der Waals surface area (Å²) in [5, 5.41) is 5.63. The molecule has 0 aliphatic carbocycles. The van der Waals surface area contributed by atoms with Crippen molar-refractivity contribution in [3.63, 3.8) is 0 Å². The number of hydrogen-bond acceptors (Lipinski definition) is 3. The summed E-state index contributed by atoms with van der Waals surface area (Å²) in [5.41, 5.74) is 0.00487. The van der Waals surface area contributed by atoms with E-state index >= 15 is 0 Å². The van der Waals surface area contributed by atoms with Crippen LogP contribution < -0.4 is 11.2 Å². The van der Waals surface area contributed by atoms with Gasteiger partial charge in [-0.1, -0.05) is 30.3 Å². The molecule has 1 N–H and O–H groups in total. The minimum absolute atomic E-state index is 0.261. The third-order valence-corrected chi connectivity index (χ3v) is 2.03. The summed E-state index contributed by atoms with van der Waals surface area (Å²) in [5.74, 6) is 0. The van der Waals surface area contributed by atoms with Gasteiger partial charge in [-0.15, -0.1) is 0 Å². The number of nitrogens with zero attached hydrogens (tertiary/aromatic N) is 2. The summed E-state index contributed by atoms with van der Waals surface area (Å²) in [4.78, 5) is 22.6. The number of aromatic amines is 1. The average Bonchev–Trinajstić information content (AvgIpc) is 2.25. The van der Waals surface area contributed by atoms with E-state index in [4.69, 9.17) is 0 Å². The SMILES string of the molecule is O=c1cn[nH]c(=O)n1Cc1ccccc1. The number of nitrogens with one attached hydrogen (secondary N) is 1. The van der Waals surface area contributed by atoms with Crippen LogP contribution in [0.25, 0.3) is 0 Å². The molecule has 0 fully saturated rings. The first kappa shape index (κ1) is 9.39. The second kappa shape index (κ2) is 3.91. The van der Waals surface area contributed by atoms with E-state index < -0.39 is 11.2 Å². The second-order valence-corrected chi connectivity index (χ2v) is 3.09. The summed E-state index contributed by atoms with van der Waals surface area (Å²) in [6, 6.07) is 9.30. The van der Waals surface area contributed by atoms with Crippen molar-refractivity contribution in [3.05, 3.63) is 62.9 Å². The minimum atomic E-state index is -0.494. The Hall–Kier alpha value is -2.17. The highest BCUT2D eigenvalue weighted by atomic mass is 16.2. The van der Waals surface area contributed by atoms with Crippen LogP contribution in [0.2, 0.25) is 0 Å². The van der Waals surface area contributed by atoms with Gasteiger partial charge >= 0.3 is 5.69 Å². The van der Waals surface area contributed by atoms with Gasteiger partial charge in [-0.3, -0.25) is 9.36 Å². The zero-order valence-corrected chi connectivity index (χ0v) is 7.88. The Balaban J connectivity index is 2.41. The smallest absolute Gasteiger partial charge is 0.267 e. The zero-order chi connectivity index (χ0) is 10.7. The molecule has 15 heavy (non-hydrogen) atoms. The van der Waals surface area contributed by atoms with Crippen molar-refractivity contribution in [3.8, 4) is 0 Å². The summed E-state index contributed by atoms with van der Waals surface area (Å²) in [6.45, 7) is 0.261. The van der Waals surface area contributed by atoms with Gasteiger partial charge in [0.1, 0.15) is 6.20 Å². The normalized spacial score (nSPS) is 10.1. The third-order valence-electron chi connectivity index (χ3n) is 2.03. The van der Waals surface area contributed by atoms with Gasteiger partial charge in [-0.25, -0.2) is 9.89 Å². The van der Waals surface area contributed by atoms with Gasteiger partial charge in [-0.2, -0.15) is 5.10 Å². The quantitative estimate of drug-likeness (QED) is 0.745. The average molecular weight is 203 g/mol. The zero-order valence-electron chi connectivity index (χ0n) is 7.88. The van der Waals surface area contributed by atoms with E-state index in [1.54, 1.807) is 0 Å². The molecule has 2 aromatic rings. The molecule has 2 rings (SSSR count). The Morgan fingerprint density at radius 3 is 2.60 bits per heavy atom. The lowest BCUT2D eigenvalue weighted by molar-refractivity contribution is 0.667. The number of benzene rings is 1. The van der Waals surface area contributed by atoms with E-state index in [2.05, 4.69) is 10.2 Å². The Morgan fingerprint density at radius 2 is 1.93 bits per heavy atom. The molecule has 1 aromatic heterocycles. The van der Waals surface area contributed by atoms with Crippen molar-refractivity contribution in [1.82, 2.24) is 14.8 Å². The second-order valence-electron chi connectivity index (χ2n) is 3.09. The van der Waals surface area contributed by atoms with Crippen LogP contribution in [0, 0.1) is 0 Å². The van der Waals surface area contributed by atoms with E-state index in [9.17, 15) is 9.59 Å². The van der Waals surface area contributed by atoms with Gasteiger partial charge in [-0.05, 0) is 5.56 Å². The molecule has 76 valence electrons. The molecule has 1 heterocycles.